The van der Waals surface area contributed by atoms with E-state index in [0.29, 0.717) is 6.54 Å². The van der Waals surface area contributed by atoms with Gasteiger partial charge in [0.15, 0.2) is 0 Å². The molecule has 1 unspecified atom stereocenters. The predicted molar refractivity (Wildman–Crippen MR) is 75.4 cm³/mol. The maximum atomic E-state index is 13.5. The molecule has 0 saturated heterocycles. The van der Waals surface area contributed by atoms with Gasteiger partial charge in [-0.05, 0) is 43.6 Å². The van der Waals surface area contributed by atoms with Gasteiger partial charge in [-0.3, -0.25) is 4.90 Å². The van der Waals surface area contributed by atoms with E-state index in [1.807, 2.05) is 6.07 Å². The van der Waals surface area contributed by atoms with E-state index >= 15 is 0 Å². The summed E-state index contributed by atoms with van der Waals surface area (Å²) < 4.78 is 13.5. The summed E-state index contributed by atoms with van der Waals surface area (Å²) in [7, 11) is 0. The number of halogens is 2. The molecule has 1 aromatic rings. The van der Waals surface area contributed by atoms with Crippen LogP contribution in [0.1, 0.15) is 38.3 Å². The third-order valence-corrected chi connectivity index (χ3v) is 3.32. The largest absolute Gasteiger partial charge is 0.329 e. The first-order valence-corrected chi connectivity index (χ1v) is 6.90. The Bertz CT molecular complexity index is 365. The molecular weight excluding hydrogens is 251 g/mol. The number of rotatable bonds is 7. The van der Waals surface area contributed by atoms with Crippen LogP contribution in [0, 0.1) is 5.82 Å². The summed E-state index contributed by atoms with van der Waals surface area (Å²) in [5, 5.41) is 0.159. The standard InChI is InChI=1S/C14H22ClFN2/c1-3-7-18(8-4-2)14(10-17)11-5-6-12(15)13(16)9-11/h5-6,9,14H,3-4,7-8,10,17H2,1-2H3. The molecule has 0 heterocycles. The van der Waals surface area contributed by atoms with Crippen LogP contribution in [0.25, 0.3) is 0 Å². The van der Waals surface area contributed by atoms with Crippen molar-refractivity contribution >= 4 is 11.6 Å². The van der Waals surface area contributed by atoms with Crippen molar-refractivity contribution in [2.45, 2.75) is 32.7 Å². The van der Waals surface area contributed by atoms with Crippen LogP contribution in [0.5, 0.6) is 0 Å². The van der Waals surface area contributed by atoms with Crippen LogP contribution in [-0.4, -0.2) is 24.5 Å². The molecule has 102 valence electrons. The molecule has 4 heteroatoms. The highest BCUT2D eigenvalue weighted by molar-refractivity contribution is 6.30. The van der Waals surface area contributed by atoms with Gasteiger partial charge in [-0.1, -0.05) is 31.5 Å². The Morgan fingerprint density at radius 1 is 1.28 bits per heavy atom. The highest BCUT2D eigenvalue weighted by atomic mass is 35.5. The Morgan fingerprint density at radius 2 is 1.89 bits per heavy atom. The van der Waals surface area contributed by atoms with E-state index in [9.17, 15) is 4.39 Å². The van der Waals surface area contributed by atoms with E-state index in [1.54, 1.807) is 6.07 Å². The normalized spacial score (nSPS) is 13.0. The van der Waals surface area contributed by atoms with Gasteiger partial charge in [0, 0.05) is 12.6 Å². The monoisotopic (exact) mass is 272 g/mol. The third kappa shape index (κ3) is 3.94. The summed E-state index contributed by atoms with van der Waals surface area (Å²) in [5.74, 6) is -0.374. The summed E-state index contributed by atoms with van der Waals surface area (Å²) in [5.41, 5.74) is 6.76. The number of nitrogens with zero attached hydrogens (tertiary/aromatic N) is 1. The number of benzene rings is 1. The van der Waals surface area contributed by atoms with Crippen molar-refractivity contribution in [2.75, 3.05) is 19.6 Å². The molecule has 0 aliphatic carbocycles. The molecule has 0 amide bonds. The molecule has 1 aromatic carbocycles. The Labute approximate surface area is 114 Å². The Kier molecular flexibility index (Phi) is 6.61. The van der Waals surface area contributed by atoms with Crippen molar-refractivity contribution in [1.29, 1.82) is 0 Å². The van der Waals surface area contributed by atoms with E-state index in [4.69, 9.17) is 17.3 Å². The average Bonchev–Trinajstić information content (AvgIpc) is 2.35. The first-order chi connectivity index (χ1) is 8.63. The summed E-state index contributed by atoms with van der Waals surface area (Å²) in [6.07, 6.45) is 2.12. The van der Waals surface area contributed by atoms with E-state index in [-0.39, 0.29) is 16.9 Å². The maximum Gasteiger partial charge on any atom is 0.142 e. The van der Waals surface area contributed by atoms with Crippen molar-refractivity contribution < 1.29 is 4.39 Å². The van der Waals surface area contributed by atoms with Crippen LogP contribution in [-0.2, 0) is 0 Å². The minimum Gasteiger partial charge on any atom is -0.329 e. The lowest BCUT2D eigenvalue weighted by Crippen LogP contribution is -2.35. The molecule has 0 bridgehead atoms. The lowest BCUT2D eigenvalue weighted by molar-refractivity contribution is 0.202. The summed E-state index contributed by atoms with van der Waals surface area (Å²) in [6, 6.07) is 5.03. The molecule has 0 spiro atoms. The van der Waals surface area contributed by atoms with Gasteiger partial charge in [-0.2, -0.15) is 0 Å². The average molecular weight is 273 g/mol. The minimum atomic E-state index is -0.374. The van der Waals surface area contributed by atoms with Gasteiger partial charge in [-0.15, -0.1) is 0 Å². The van der Waals surface area contributed by atoms with Gasteiger partial charge in [0.25, 0.3) is 0 Å². The maximum absolute atomic E-state index is 13.5. The highest BCUT2D eigenvalue weighted by Crippen LogP contribution is 2.24. The molecular formula is C14H22ClFN2. The first kappa shape index (κ1) is 15.4. The van der Waals surface area contributed by atoms with Crippen LogP contribution in [0.3, 0.4) is 0 Å². The summed E-state index contributed by atoms with van der Waals surface area (Å²) in [4.78, 5) is 2.31. The molecule has 1 rings (SSSR count). The topological polar surface area (TPSA) is 29.3 Å². The van der Waals surface area contributed by atoms with Crippen molar-refractivity contribution in [2.24, 2.45) is 5.73 Å². The third-order valence-electron chi connectivity index (χ3n) is 3.01. The number of nitrogens with two attached hydrogens (primary N) is 1. The zero-order chi connectivity index (χ0) is 13.5. The fourth-order valence-electron chi connectivity index (χ4n) is 2.21. The van der Waals surface area contributed by atoms with Gasteiger partial charge in [-0.25, -0.2) is 4.39 Å². The van der Waals surface area contributed by atoms with Gasteiger partial charge in [0.1, 0.15) is 5.82 Å². The van der Waals surface area contributed by atoms with Crippen LogP contribution in [0.4, 0.5) is 4.39 Å². The lowest BCUT2D eigenvalue weighted by Gasteiger charge is -2.30. The molecule has 18 heavy (non-hydrogen) atoms. The number of hydrogen-bond donors (Lipinski definition) is 1. The van der Waals surface area contributed by atoms with E-state index in [1.165, 1.54) is 6.07 Å². The van der Waals surface area contributed by atoms with Gasteiger partial charge in [0.2, 0.25) is 0 Å². The highest BCUT2D eigenvalue weighted by Gasteiger charge is 2.18. The zero-order valence-electron chi connectivity index (χ0n) is 11.1. The van der Waals surface area contributed by atoms with Crippen molar-refractivity contribution in [3.05, 3.63) is 34.6 Å². The molecule has 1 atom stereocenters. The van der Waals surface area contributed by atoms with Gasteiger partial charge < -0.3 is 5.73 Å². The lowest BCUT2D eigenvalue weighted by atomic mass is 10.0. The minimum absolute atomic E-state index is 0.0664. The fourth-order valence-corrected chi connectivity index (χ4v) is 2.33. The molecule has 0 aliphatic rings. The van der Waals surface area contributed by atoms with Crippen LogP contribution < -0.4 is 5.73 Å². The predicted octanol–water partition coefficient (Wildman–Crippen LogP) is 3.60. The second-order valence-electron chi connectivity index (χ2n) is 4.46. The van der Waals surface area contributed by atoms with Crippen molar-refractivity contribution in [3.8, 4) is 0 Å². The molecule has 2 N–H and O–H groups in total. The quantitative estimate of drug-likeness (QED) is 0.822. The molecule has 0 radical (unpaired) electrons. The molecule has 0 saturated carbocycles. The Balaban J connectivity index is 2.94. The number of hydrogen-bond acceptors (Lipinski definition) is 2. The SMILES string of the molecule is CCCN(CCC)C(CN)c1ccc(Cl)c(F)c1. The van der Waals surface area contributed by atoms with Crippen molar-refractivity contribution in [3.63, 3.8) is 0 Å². The van der Waals surface area contributed by atoms with E-state index in [0.717, 1.165) is 31.5 Å². The smallest absolute Gasteiger partial charge is 0.142 e. The summed E-state index contributed by atoms with van der Waals surface area (Å²) in [6.45, 7) is 6.71. The van der Waals surface area contributed by atoms with Gasteiger partial charge >= 0.3 is 0 Å². The molecule has 0 fully saturated rings. The Hall–Kier alpha value is -0.640. The van der Waals surface area contributed by atoms with Crippen LogP contribution in [0.2, 0.25) is 5.02 Å². The molecule has 0 aliphatic heterocycles. The van der Waals surface area contributed by atoms with Crippen molar-refractivity contribution in [1.82, 2.24) is 4.90 Å². The summed E-state index contributed by atoms with van der Waals surface area (Å²) >= 11 is 5.71. The van der Waals surface area contributed by atoms with Gasteiger partial charge in [0.05, 0.1) is 5.02 Å². The molecule has 0 aromatic heterocycles. The zero-order valence-corrected chi connectivity index (χ0v) is 11.9. The van der Waals surface area contributed by atoms with E-state index < -0.39 is 0 Å². The fraction of sp³-hybridized carbons (Fsp3) is 0.571. The van der Waals surface area contributed by atoms with Crippen LogP contribution in [0.15, 0.2) is 18.2 Å². The second kappa shape index (κ2) is 7.72. The second-order valence-corrected chi connectivity index (χ2v) is 4.87. The first-order valence-electron chi connectivity index (χ1n) is 6.53. The Morgan fingerprint density at radius 3 is 2.33 bits per heavy atom. The van der Waals surface area contributed by atoms with E-state index in [2.05, 4.69) is 18.7 Å². The molecule has 2 nitrogen and oxygen atoms in total. The van der Waals surface area contributed by atoms with Crippen LogP contribution >= 0.6 is 11.6 Å².